The highest BCUT2D eigenvalue weighted by Gasteiger charge is 2.31. The zero-order valence-corrected chi connectivity index (χ0v) is 12.8. The predicted octanol–water partition coefficient (Wildman–Crippen LogP) is 3.55. The summed E-state index contributed by atoms with van der Waals surface area (Å²) in [6, 6.07) is 6.80. The number of ether oxygens (including phenoxy) is 1. The lowest BCUT2D eigenvalue weighted by Crippen LogP contribution is -2.38. The Morgan fingerprint density at radius 2 is 2.05 bits per heavy atom. The number of anilines is 1. The number of nitrogens with one attached hydrogen (secondary N) is 1. The number of benzene rings is 1. The van der Waals surface area contributed by atoms with Crippen LogP contribution in [0.25, 0.3) is 0 Å². The Kier molecular flexibility index (Phi) is 4.89. The van der Waals surface area contributed by atoms with Crippen LogP contribution >= 0.6 is 0 Å². The van der Waals surface area contributed by atoms with Gasteiger partial charge >= 0.3 is 5.97 Å². The summed E-state index contributed by atoms with van der Waals surface area (Å²) in [5, 5.41) is 12.7. The second-order valence-electron chi connectivity index (χ2n) is 5.88. The SMILES string of the molecule is COc1ccc(NC(C(=O)O)C2CC(C)=CC(C)C2)cc1. The van der Waals surface area contributed by atoms with Crippen molar-refractivity contribution >= 4 is 11.7 Å². The number of methoxy groups -OCH3 is 1. The average Bonchev–Trinajstić information content (AvgIpc) is 2.44. The van der Waals surface area contributed by atoms with Gasteiger partial charge in [0.15, 0.2) is 0 Å². The number of rotatable bonds is 5. The fraction of sp³-hybridized carbons (Fsp3) is 0.471. The molecule has 3 atom stereocenters. The smallest absolute Gasteiger partial charge is 0.326 e. The molecule has 0 heterocycles. The van der Waals surface area contributed by atoms with Crippen molar-refractivity contribution in [2.75, 3.05) is 12.4 Å². The molecule has 0 aliphatic heterocycles. The fourth-order valence-corrected chi connectivity index (χ4v) is 3.10. The van der Waals surface area contributed by atoms with E-state index in [4.69, 9.17) is 4.74 Å². The molecule has 114 valence electrons. The first kappa shape index (κ1) is 15.4. The summed E-state index contributed by atoms with van der Waals surface area (Å²) in [6.07, 6.45) is 3.98. The maximum atomic E-state index is 11.6. The molecule has 0 aromatic heterocycles. The molecule has 1 aliphatic carbocycles. The van der Waals surface area contributed by atoms with Gasteiger partial charge in [0.2, 0.25) is 0 Å². The number of carboxylic acids is 1. The van der Waals surface area contributed by atoms with Crippen molar-refractivity contribution in [2.45, 2.75) is 32.7 Å². The molecule has 0 radical (unpaired) electrons. The molecular formula is C17H23NO3. The minimum Gasteiger partial charge on any atom is -0.497 e. The Balaban J connectivity index is 2.12. The summed E-state index contributed by atoms with van der Waals surface area (Å²) in [5.41, 5.74) is 2.09. The van der Waals surface area contributed by atoms with Crippen molar-refractivity contribution in [3.05, 3.63) is 35.9 Å². The number of hydrogen-bond acceptors (Lipinski definition) is 3. The molecule has 0 bridgehead atoms. The van der Waals surface area contributed by atoms with Gasteiger partial charge in [-0.2, -0.15) is 0 Å². The number of allylic oxidation sites excluding steroid dienone is 2. The number of aliphatic carboxylic acids is 1. The number of hydrogen-bond donors (Lipinski definition) is 2. The highest BCUT2D eigenvalue weighted by atomic mass is 16.5. The van der Waals surface area contributed by atoms with E-state index in [1.165, 1.54) is 5.57 Å². The minimum atomic E-state index is -0.794. The van der Waals surface area contributed by atoms with Crippen LogP contribution in [0, 0.1) is 11.8 Å². The Morgan fingerprint density at radius 1 is 1.38 bits per heavy atom. The monoisotopic (exact) mass is 289 g/mol. The van der Waals surface area contributed by atoms with E-state index in [0.717, 1.165) is 24.3 Å². The molecule has 0 saturated carbocycles. The molecule has 1 aromatic carbocycles. The highest BCUT2D eigenvalue weighted by molar-refractivity contribution is 5.78. The van der Waals surface area contributed by atoms with Crippen LogP contribution in [-0.4, -0.2) is 24.2 Å². The largest absolute Gasteiger partial charge is 0.497 e. The van der Waals surface area contributed by atoms with Crippen molar-refractivity contribution in [2.24, 2.45) is 11.8 Å². The topological polar surface area (TPSA) is 58.6 Å². The van der Waals surface area contributed by atoms with E-state index in [1.807, 2.05) is 24.3 Å². The first-order chi connectivity index (χ1) is 9.99. The molecule has 0 amide bonds. The fourth-order valence-electron chi connectivity index (χ4n) is 3.10. The third-order valence-corrected chi connectivity index (χ3v) is 3.98. The molecule has 0 saturated heterocycles. The molecule has 4 heteroatoms. The van der Waals surface area contributed by atoms with Gasteiger partial charge < -0.3 is 15.2 Å². The normalized spacial score (nSPS) is 23.1. The van der Waals surface area contributed by atoms with Crippen molar-refractivity contribution < 1.29 is 14.6 Å². The molecular weight excluding hydrogens is 266 g/mol. The van der Waals surface area contributed by atoms with Gasteiger partial charge in [0.05, 0.1) is 7.11 Å². The van der Waals surface area contributed by atoms with Crippen LogP contribution in [0.2, 0.25) is 0 Å². The molecule has 1 aliphatic rings. The summed E-state index contributed by atoms with van der Waals surface area (Å²) in [5.74, 6) is 0.517. The highest BCUT2D eigenvalue weighted by Crippen LogP contribution is 2.31. The van der Waals surface area contributed by atoms with Gasteiger partial charge in [-0.3, -0.25) is 0 Å². The van der Waals surface area contributed by atoms with Crippen molar-refractivity contribution in [3.8, 4) is 5.75 Å². The summed E-state index contributed by atoms with van der Waals surface area (Å²) >= 11 is 0. The predicted molar refractivity (Wildman–Crippen MR) is 83.7 cm³/mol. The maximum Gasteiger partial charge on any atom is 0.326 e. The molecule has 4 nitrogen and oxygen atoms in total. The standard InChI is InChI=1S/C17H23NO3/c1-11-8-12(2)10-13(9-11)16(17(19)20)18-14-4-6-15(21-3)7-5-14/h4-8,11,13,16,18H,9-10H2,1-3H3,(H,19,20). The first-order valence-electron chi connectivity index (χ1n) is 7.30. The Labute approximate surface area is 125 Å². The van der Waals surface area contributed by atoms with Crippen molar-refractivity contribution in [1.29, 1.82) is 0 Å². The number of carbonyl (C=O) groups is 1. The van der Waals surface area contributed by atoms with Crippen molar-refractivity contribution in [3.63, 3.8) is 0 Å². The Morgan fingerprint density at radius 3 is 2.57 bits per heavy atom. The quantitative estimate of drug-likeness (QED) is 0.814. The van der Waals surface area contributed by atoms with Crippen LogP contribution < -0.4 is 10.1 Å². The Hall–Kier alpha value is -1.97. The van der Waals surface area contributed by atoms with Crippen LogP contribution in [0.1, 0.15) is 26.7 Å². The van der Waals surface area contributed by atoms with E-state index in [-0.39, 0.29) is 5.92 Å². The van der Waals surface area contributed by atoms with Gasteiger partial charge in [0.1, 0.15) is 11.8 Å². The van der Waals surface area contributed by atoms with E-state index >= 15 is 0 Å². The van der Waals surface area contributed by atoms with Gasteiger partial charge in [-0.15, -0.1) is 0 Å². The summed E-state index contributed by atoms with van der Waals surface area (Å²) in [6.45, 7) is 4.22. The Bertz CT molecular complexity index is 521. The van der Waals surface area contributed by atoms with E-state index < -0.39 is 12.0 Å². The number of carboxylic acid groups (broad SMARTS) is 1. The van der Waals surface area contributed by atoms with Crippen LogP contribution in [-0.2, 0) is 4.79 Å². The zero-order chi connectivity index (χ0) is 15.4. The van der Waals surface area contributed by atoms with Gasteiger partial charge in [-0.25, -0.2) is 4.79 Å². The van der Waals surface area contributed by atoms with Crippen LogP contribution in [0.4, 0.5) is 5.69 Å². The molecule has 1 aromatic rings. The zero-order valence-electron chi connectivity index (χ0n) is 12.8. The van der Waals surface area contributed by atoms with Crippen molar-refractivity contribution in [1.82, 2.24) is 0 Å². The van der Waals surface area contributed by atoms with Crippen LogP contribution in [0.5, 0.6) is 5.75 Å². The first-order valence-corrected chi connectivity index (χ1v) is 7.30. The van der Waals surface area contributed by atoms with Gasteiger partial charge in [-0.05, 0) is 55.9 Å². The van der Waals surface area contributed by atoms with Gasteiger partial charge in [0.25, 0.3) is 0 Å². The lowest BCUT2D eigenvalue weighted by Gasteiger charge is -2.31. The summed E-state index contributed by atoms with van der Waals surface area (Å²) in [7, 11) is 1.61. The van der Waals surface area contributed by atoms with Crippen LogP contribution in [0.15, 0.2) is 35.9 Å². The molecule has 0 spiro atoms. The van der Waals surface area contributed by atoms with Gasteiger partial charge in [0, 0.05) is 5.69 Å². The third kappa shape index (κ3) is 4.00. The lowest BCUT2D eigenvalue weighted by molar-refractivity contribution is -0.139. The lowest BCUT2D eigenvalue weighted by atomic mass is 9.79. The second kappa shape index (κ2) is 6.66. The second-order valence-corrected chi connectivity index (χ2v) is 5.88. The molecule has 3 unspecified atom stereocenters. The van der Waals surface area contributed by atoms with E-state index in [9.17, 15) is 9.90 Å². The summed E-state index contributed by atoms with van der Waals surface area (Å²) < 4.78 is 5.11. The van der Waals surface area contributed by atoms with E-state index in [0.29, 0.717) is 5.92 Å². The van der Waals surface area contributed by atoms with E-state index in [1.54, 1.807) is 7.11 Å². The molecule has 2 N–H and O–H groups in total. The molecule has 21 heavy (non-hydrogen) atoms. The minimum absolute atomic E-state index is 0.115. The maximum absolute atomic E-state index is 11.6. The molecule has 0 fully saturated rings. The average molecular weight is 289 g/mol. The molecule has 2 rings (SSSR count). The third-order valence-electron chi connectivity index (χ3n) is 3.98. The van der Waals surface area contributed by atoms with Crippen LogP contribution in [0.3, 0.4) is 0 Å². The van der Waals surface area contributed by atoms with Gasteiger partial charge in [-0.1, -0.05) is 18.6 Å². The summed E-state index contributed by atoms with van der Waals surface area (Å²) in [4.78, 5) is 11.6. The van der Waals surface area contributed by atoms with E-state index in [2.05, 4.69) is 25.2 Å².